The zero-order valence-electron chi connectivity index (χ0n) is 21.0. The fourth-order valence-corrected chi connectivity index (χ4v) is 4.30. The first-order chi connectivity index (χ1) is 17.5. The summed E-state index contributed by atoms with van der Waals surface area (Å²) in [7, 11) is 2.14. The van der Waals surface area contributed by atoms with Gasteiger partial charge in [0.15, 0.2) is 0 Å². The summed E-state index contributed by atoms with van der Waals surface area (Å²) in [6.45, 7) is 5.57. The number of nitrogens with zero attached hydrogens (tertiary/aromatic N) is 2. The van der Waals surface area contributed by atoms with Gasteiger partial charge in [0.25, 0.3) is 0 Å². The maximum atomic E-state index is 13.4. The summed E-state index contributed by atoms with van der Waals surface area (Å²) in [5, 5.41) is 2.84. The van der Waals surface area contributed by atoms with Crippen LogP contribution in [0.15, 0.2) is 60.7 Å². The van der Waals surface area contributed by atoms with Crippen LogP contribution in [0, 0.1) is 11.7 Å². The molecule has 1 amide bonds. The first kappa shape index (κ1) is 25.6. The Hall–Kier alpha value is -3.45. The number of rotatable bonds is 10. The van der Waals surface area contributed by atoms with Crippen molar-refractivity contribution in [2.45, 2.75) is 32.7 Å². The van der Waals surface area contributed by atoms with E-state index in [0.717, 1.165) is 42.8 Å². The molecule has 0 spiro atoms. The van der Waals surface area contributed by atoms with Gasteiger partial charge in [-0.3, -0.25) is 4.79 Å². The van der Waals surface area contributed by atoms with Crippen molar-refractivity contribution < 1.29 is 18.7 Å². The summed E-state index contributed by atoms with van der Waals surface area (Å²) in [6.07, 6.45) is 2.30. The first-order valence-corrected chi connectivity index (χ1v) is 12.6. The lowest BCUT2D eigenvalue weighted by Crippen LogP contribution is -2.32. The third-order valence-corrected chi connectivity index (χ3v) is 6.41. The minimum atomic E-state index is -0.320. The van der Waals surface area contributed by atoms with Crippen LogP contribution in [0.2, 0.25) is 0 Å². The highest BCUT2D eigenvalue weighted by Gasteiger charge is 2.19. The molecule has 0 saturated carbocycles. The van der Waals surface area contributed by atoms with Crippen LogP contribution >= 0.6 is 0 Å². The molecule has 0 atom stereocenters. The van der Waals surface area contributed by atoms with E-state index in [9.17, 15) is 9.18 Å². The first-order valence-electron chi connectivity index (χ1n) is 12.6. The van der Waals surface area contributed by atoms with Crippen molar-refractivity contribution in [3.63, 3.8) is 0 Å². The number of halogens is 1. The number of amides is 1. The standard InChI is InChI=1S/C29H34FN3O3/c1-3-35-26-10-7-23(8-11-26)27-12-9-25(18-28(34)31-19-22-5-4-6-24(30)17-22)32-29(27)36-20-21-13-15-33(2)16-14-21/h4-12,17,21H,3,13-16,18-20H2,1-2H3,(H,31,34). The summed E-state index contributed by atoms with van der Waals surface area (Å²) >= 11 is 0. The van der Waals surface area contributed by atoms with Crippen LogP contribution in [-0.2, 0) is 17.8 Å². The molecule has 1 N–H and O–H groups in total. The van der Waals surface area contributed by atoms with Gasteiger partial charge in [-0.05, 0) is 93.3 Å². The van der Waals surface area contributed by atoms with E-state index in [4.69, 9.17) is 14.5 Å². The van der Waals surface area contributed by atoms with Gasteiger partial charge >= 0.3 is 0 Å². The van der Waals surface area contributed by atoms with Crippen LogP contribution in [0.1, 0.15) is 31.0 Å². The molecule has 1 aromatic heterocycles. The van der Waals surface area contributed by atoms with Gasteiger partial charge in [0.2, 0.25) is 11.8 Å². The van der Waals surface area contributed by atoms with Crippen LogP contribution in [0.5, 0.6) is 11.6 Å². The van der Waals surface area contributed by atoms with E-state index in [2.05, 4.69) is 17.3 Å². The number of nitrogens with one attached hydrogen (secondary N) is 1. The highest BCUT2D eigenvalue weighted by Crippen LogP contribution is 2.31. The van der Waals surface area contributed by atoms with Crippen molar-refractivity contribution in [1.29, 1.82) is 0 Å². The third-order valence-electron chi connectivity index (χ3n) is 6.41. The largest absolute Gasteiger partial charge is 0.494 e. The second-order valence-electron chi connectivity index (χ2n) is 9.25. The van der Waals surface area contributed by atoms with Crippen LogP contribution in [0.3, 0.4) is 0 Å². The summed E-state index contributed by atoms with van der Waals surface area (Å²) < 4.78 is 25.2. The number of likely N-dealkylation sites (tertiary alicyclic amines) is 1. The molecule has 36 heavy (non-hydrogen) atoms. The average Bonchev–Trinajstić information content (AvgIpc) is 2.88. The molecule has 0 radical (unpaired) electrons. The molecule has 1 aliphatic rings. The van der Waals surface area contributed by atoms with Gasteiger partial charge in [0.05, 0.1) is 25.3 Å². The Labute approximate surface area is 212 Å². The van der Waals surface area contributed by atoms with E-state index in [-0.39, 0.29) is 24.7 Å². The Morgan fingerprint density at radius 1 is 1.08 bits per heavy atom. The topological polar surface area (TPSA) is 63.7 Å². The molecule has 7 heteroatoms. The van der Waals surface area contributed by atoms with E-state index in [1.807, 2.05) is 43.3 Å². The van der Waals surface area contributed by atoms with Crippen LogP contribution in [0.25, 0.3) is 11.1 Å². The van der Waals surface area contributed by atoms with Gasteiger partial charge in [0, 0.05) is 12.1 Å². The predicted molar refractivity (Wildman–Crippen MR) is 139 cm³/mol. The van der Waals surface area contributed by atoms with Crippen molar-refractivity contribution in [3.05, 3.63) is 77.7 Å². The second-order valence-corrected chi connectivity index (χ2v) is 9.25. The molecule has 0 unspecified atom stereocenters. The van der Waals surface area contributed by atoms with Crippen molar-refractivity contribution in [2.75, 3.05) is 33.4 Å². The SMILES string of the molecule is CCOc1ccc(-c2ccc(CC(=O)NCc3cccc(F)c3)nc2OCC2CCN(C)CC2)cc1. The van der Waals surface area contributed by atoms with Gasteiger partial charge in [-0.2, -0.15) is 0 Å². The highest BCUT2D eigenvalue weighted by atomic mass is 19.1. The smallest absolute Gasteiger partial charge is 0.226 e. The van der Waals surface area contributed by atoms with Crippen LogP contribution in [-0.4, -0.2) is 49.1 Å². The lowest BCUT2D eigenvalue weighted by molar-refractivity contribution is -0.120. The van der Waals surface area contributed by atoms with Gasteiger partial charge in [-0.1, -0.05) is 24.3 Å². The molecular weight excluding hydrogens is 457 g/mol. The summed E-state index contributed by atoms with van der Waals surface area (Å²) in [5.41, 5.74) is 3.20. The molecule has 2 aromatic carbocycles. The fourth-order valence-electron chi connectivity index (χ4n) is 4.30. The van der Waals surface area contributed by atoms with E-state index in [1.54, 1.807) is 12.1 Å². The monoisotopic (exact) mass is 491 g/mol. The van der Waals surface area contributed by atoms with Gasteiger partial charge in [0.1, 0.15) is 11.6 Å². The number of hydrogen-bond acceptors (Lipinski definition) is 5. The van der Waals surface area contributed by atoms with Crippen molar-refractivity contribution in [3.8, 4) is 22.8 Å². The molecule has 1 fully saturated rings. The lowest BCUT2D eigenvalue weighted by Gasteiger charge is -2.28. The zero-order chi connectivity index (χ0) is 25.3. The summed E-state index contributed by atoms with van der Waals surface area (Å²) in [6, 6.07) is 17.9. The van der Waals surface area contributed by atoms with Crippen molar-refractivity contribution >= 4 is 5.91 Å². The molecule has 1 aliphatic heterocycles. The number of benzene rings is 2. The normalized spacial score (nSPS) is 14.4. The maximum absolute atomic E-state index is 13.4. The quantitative estimate of drug-likeness (QED) is 0.439. The fraction of sp³-hybridized carbons (Fsp3) is 0.379. The highest BCUT2D eigenvalue weighted by molar-refractivity contribution is 5.78. The van der Waals surface area contributed by atoms with Gasteiger partial charge in [-0.15, -0.1) is 0 Å². The molecule has 0 bridgehead atoms. The van der Waals surface area contributed by atoms with E-state index < -0.39 is 0 Å². The Balaban J connectivity index is 1.47. The van der Waals surface area contributed by atoms with E-state index in [0.29, 0.717) is 36.3 Å². The van der Waals surface area contributed by atoms with Crippen molar-refractivity contribution in [1.82, 2.24) is 15.2 Å². The molecule has 6 nitrogen and oxygen atoms in total. The van der Waals surface area contributed by atoms with E-state index in [1.165, 1.54) is 12.1 Å². The molecule has 2 heterocycles. The van der Waals surface area contributed by atoms with Gasteiger partial charge in [-0.25, -0.2) is 9.37 Å². The Kier molecular flexibility index (Phi) is 8.90. The molecule has 190 valence electrons. The number of pyridine rings is 1. The number of hydrogen-bond donors (Lipinski definition) is 1. The number of aromatic nitrogens is 1. The predicted octanol–water partition coefficient (Wildman–Crippen LogP) is 4.87. The number of carbonyl (C=O) groups is 1. The number of carbonyl (C=O) groups excluding carboxylic acids is 1. The van der Waals surface area contributed by atoms with E-state index >= 15 is 0 Å². The van der Waals surface area contributed by atoms with Crippen LogP contribution < -0.4 is 14.8 Å². The Morgan fingerprint density at radius 2 is 1.86 bits per heavy atom. The Morgan fingerprint density at radius 3 is 2.58 bits per heavy atom. The minimum absolute atomic E-state index is 0.115. The lowest BCUT2D eigenvalue weighted by atomic mass is 9.98. The van der Waals surface area contributed by atoms with Crippen molar-refractivity contribution in [2.24, 2.45) is 5.92 Å². The molecule has 1 saturated heterocycles. The second kappa shape index (κ2) is 12.5. The average molecular weight is 492 g/mol. The number of ether oxygens (including phenoxy) is 2. The zero-order valence-corrected chi connectivity index (χ0v) is 21.0. The summed E-state index contributed by atoms with van der Waals surface area (Å²) in [4.78, 5) is 19.6. The molecule has 4 rings (SSSR count). The third kappa shape index (κ3) is 7.28. The Bertz CT molecular complexity index is 1140. The summed E-state index contributed by atoms with van der Waals surface area (Å²) in [5.74, 6) is 1.33. The molecule has 0 aliphatic carbocycles. The number of piperidine rings is 1. The van der Waals surface area contributed by atoms with Gasteiger partial charge < -0.3 is 19.7 Å². The molecular formula is C29H34FN3O3. The maximum Gasteiger partial charge on any atom is 0.226 e. The molecule has 3 aromatic rings. The minimum Gasteiger partial charge on any atom is -0.494 e. The van der Waals surface area contributed by atoms with Crippen LogP contribution in [0.4, 0.5) is 4.39 Å².